The van der Waals surface area contributed by atoms with E-state index in [9.17, 15) is 8.42 Å². The molecule has 8 heteroatoms. The predicted molar refractivity (Wildman–Crippen MR) is 74.9 cm³/mol. The predicted octanol–water partition coefficient (Wildman–Crippen LogP) is 0.252. The van der Waals surface area contributed by atoms with Crippen LogP contribution in [0.15, 0.2) is 41.8 Å². The van der Waals surface area contributed by atoms with Gasteiger partial charge in [-0.25, -0.2) is 0 Å². The molecule has 0 unspecified atom stereocenters. The summed E-state index contributed by atoms with van der Waals surface area (Å²) < 4.78 is 28.5. The Morgan fingerprint density at radius 3 is 3.10 bits per heavy atom. The van der Waals surface area contributed by atoms with Gasteiger partial charge < -0.3 is 5.32 Å². The summed E-state index contributed by atoms with van der Waals surface area (Å²) in [6.07, 6.45) is 6.16. The molecule has 0 saturated carbocycles. The summed E-state index contributed by atoms with van der Waals surface area (Å²) in [5.41, 5.74) is 2.16. The van der Waals surface area contributed by atoms with Crippen molar-refractivity contribution in [3.63, 3.8) is 0 Å². The van der Waals surface area contributed by atoms with E-state index in [0.29, 0.717) is 19.5 Å². The van der Waals surface area contributed by atoms with Crippen LogP contribution in [-0.4, -0.2) is 42.6 Å². The quantitative estimate of drug-likeness (QED) is 0.834. The third-order valence-electron chi connectivity index (χ3n) is 3.24. The highest BCUT2D eigenvalue weighted by Crippen LogP contribution is 2.22. The SMILES string of the molecule is O=S(=O)(Nc1cccnn1)N1CCC2=C(C=CCN2)C1. The molecule has 0 aromatic carbocycles. The monoisotopic (exact) mass is 293 g/mol. The molecular formula is C12H15N5O2S. The smallest absolute Gasteiger partial charge is 0.303 e. The first-order valence-electron chi connectivity index (χ1n) is 6.33. The molecule has 3 heterocycles. The van der Waals surface area contributed by atoms with Crippen molar-refractivity contribution >= 4 is 16.0 Å². The number of nitrogens with one attached hydrogen (secondary N) is 2. The summed E-state index contributed by atoms with van der Waals surface area (Å²) in [7, 11) is -3.60. The highest BCUT2D eigenvalue weighted by molar-refractivity contribution is 7.90. The molecule has 0 aliphatic carbocycles. The van der Waals surface area contributed by atoms with Gasteiger partial charge in [0.2, 0.25) is 0 Å². The third-order valence-corrected chi connectivity index (χ3v) is 4.70. The first-order valence-corrected chi connectivity index (χ1v) is 7.77. The second-order valence-electron chi connectivity index (χ2n) is 4.59. The molecule has 0 saturated heterocycles. The molecule has 106 valence electrons. The van der Waals surface area contributed by atoms with E-state index >= 15 is 0 Å². The molecule has 0 atom stereocenters. The minimum absolute atomic E-state index is 0.226. The summed E-state index contributed by atoms with van der Waals surface area (Å²) in [4.78, 5) is 0. The van der Waals surface area contributed by atoms with Crippen LogP contribution in [0.1, 0.15) is 6.42 Å². The van der Waals surface area contributed by atoms with Crippen molar-refractivity contribution in [2.45, 2.75) is 6.42 Å². The molecule has 2 aliphatic rings. The van der Waals surface area contributed by atoms with Crippen molar-refractivity contribution in [3.05, 3.63) is 41.8 Å². The standard InChI is InChI=1S/C12H15N5O2S/c18-20(19,16-12-4-2-7-14-15-12)17-8-5-11-10(9-17)3-1-6-13-11/h1-4,7,13H,5-6,8-9H2,(H,15,16). The van der Waals surface area contributed by atoms with E-state index in [2.05, 4.69) is 20.2 Å². The highest BCUT2D eigenvalue weighted by atomic mass is 32.2. The average Bonchev–Trinajstić information content (AvgIpc) is 2.47. The van der Waals surface area contributed by atoms with Gasteiger partial charge in [-0.3, -0.25) is 4.72 Å². The fourth-order valence-electron chi connectivity index (χ4n) is 2.26. The molecule has 20 heavy (non-hydrogen) atoms. The second kappa shape index (κ2) is 5.22. The third kappa shape index (κ3) is 2.66. The zero-order chi connectivity index (χ0) is 14.0. The van der Waals surface area contributed by atoms with Crippen molar-refractivity contribution in [1.29, 1.82) is 0 Å². The number of dihydropyridines is 1. The van der Waals surface area contributed by atoms with Crippen molar-refractivity contribution in [3.8, 4) is 0 Å². The lowest BCUT2D eigenvalue weighted by Crippen LogP contribution is -2.42. The zero-order valence-corrected chi connectivity index (χ0v) is 11.6. The van der Waals surface area contributed by atoms with Gasteiger partial charge in [-0.1, -0.05) is 12.2 Å². The number of hydrogen-bond donors (Lipinski definition) is 2. The van der Waals surface area contributed by atoms with E-state index in [0.717, 1.165) is 17.8 Å². The van der Waals surface area contributed by atoms with E-state index in [-0.39, 0.29) is 5.82 Å². The summed E-state index contributed by atoms with van der Waals surface area (Å²) in [5.74, 6) is 0.226. The lowest BCUT2D eigenvalue weighted by molar-refractivity contribution is 0.419. The van der Waals surface area contributed by atoms with Crippen LogP contribution in [0.25, 0.3) is 0 Å². The van der Waals surface area contributed by atoms with E-state index in [1.807, 2.05) is 12.2 Å². The fourth-order valence-corrected chi connectivity index (χ4v) is 3.40. The number of hydrogen-bond acceptors (Lipinski definition) is 5. The maximum absolute atomic E-state index is 12.3. The fraction of sp³-hybridized carbons (Fsp3) is 0.333. The maximum Gasteiger partial charge on any atom is 0.303 e. The molecule has 0 amide bonds. The second-order valence-corrected chi connectivity index (χ2v) is 6.26. The largest absolute Gasteiger partial charge is 0.385 e. The molecule has 2 N–H and O–H groups in total. The van der Waals surface area contributed by atoms with E-state index in [4.69, 9.17) is 0 Å². The summed E-state index contributed by atoms with van der Waals surface area (Å²) in [5, 5.41) is 10.7. The zero-order valence-electron chi connectivity index (χ0n) is 10.8. The van der Waals surface area contributed by atoms with Crippen molar-refractivity contribution in [2.75, 3.05) is 24.4 Å². The van der Waals surface area contributed by atoms with Gasteiger partial charge in [-0.15, -0.1) is 5.10 Å². The summed E-state index contributed by atoms with van der Waals surface area (Å²) in [6.45, 7) is 1.63. The van der Waals surface area contributed by atoms with Gasteiger partial charge >= 0.3 is 10.2 Å². The van der Waals surface area contributed by atoms with Crippen molar-refractivity contribution < 1.29 is 8.42 Å². The van der Waals surface area contributed by atoms with Crippen LogP contribution in [0.5, 0.6) is 0 Å². The highest BCUT2D eigenvalue weighted by Gasteiger charge is 2.28. The minimum Gasteiger partial charge on any atom is -0.385 e. The van der Waals surface area contributed by atoms with Crippen molar-refractivity contribution in [2.24, 2.45) is 0 Å². The van der Waals surface area contributed by atoms with Crippen LogP contribution in [0.3, 0.4) is 0 Å². The minimum atomic E-state index is -3.60. The van der Waals surface area contributed by atoms with E-state index in [1.54, 1.807) is 12.1 Å². The van der Waals surface area contributed by atoms with Crippen molar-refractivity contribution in [1.82, 2.24) is 19.8 Å². The average molecular weight is 293 g/mol. The van der Waals surface area contributed by atoms with Gasteiger partial charge in [0, 0.05) is 37.9 Å². The molecule has 1 aromatic rings. The lowest BCUT2D eigenvalue weighted by Gasteiger charge is -2.30. The molecule has 7 nitrogen and oxygen atoms in total. The number of rotatable bonds is 3. The van der Waals surface area contributed by atoms with Gasteiger partial charge in [0.25, 0.3) is 0 Å². The molecule has 0 radical (unpaired) electrons. The molecule has 2 aliphatic heterocycles. The van der Waals surface area contributed by atoms with E-state index in [1.165, 1.54) is 10.5 Å². The lowest BCUT2D eigenvalue weighted by atomic mass is 10.0. The van der Waals surface area contributed by atoms with Crippen LogP contribution >= 0.6 is 0 Å². The Labute approximate surface area is 117 Å². The van der Waals surface area contributed by atoms with Crippen LogP contribution in [0, 0.1) is 0 Å². The number of anilines is 1. The Balaban J connectivity index is 1.76. The Hall–Kier alpha value is -1.93. The van der Waals surface area contributed by atoms with Crippen LogP contribution in [-0.2, 0) is 10.2 Å². The number of aromatic nitrogens is 2. The molecule has 0 fully saturated rings. The summed E-state index contributed by atoms with van der Waals surface area (Å²) >= 11 is 0. The van der Waals surface area contributed by atoms with Gasteiger partial charge in [-0.05, 0) is 17.7 Å². The van der Waals surface area contributed by atoms with Gasteiger partial charge in [0.1, 0.15) is 0 Å². The molecular weight excluding hydrogens is 278 g/mol. The maximum atomic E-state index is 12.3. The van der Waals surface area contributed by atoms with Crippen LogP contribution < -0.4 is 10.0 Å². The molecule has 0 spiro atoms. The Morgan fingerprint density at radius 2 is 2.30 bits per heavy atom. The Kier molecular flexibility index (Phi) is 3.41. The van der Waals surface area contributed by atoms with Gasteiger partial charge in [-0.2, -0.15) is 17.8 Å². The van der Waals surface area contributed by atoms with E-state index < -0.39 is 10.2 Å². The molecule has 3 rings (SSSR count). The summed E-state index contributed by atoms with van der Waals surface area (Å²) in [6, 6.07) is 3.21. The first kappa shape index (κ1) is 13.1. The van der Waals surface area contributed by atoms with Gasteiger partial charge in [0.15, 0.2) is 5.82 Å². The Bertz CT molecular complexity index is 654. The normalized spacial score (nSPS) is 19.4. The van der Waals surface area contributed by atoms with Crippen LogP contribution in [0.4, 0.5) is 5.82 Å². The first-order chi connectivity index (χ1) is 9.65. The van der Waals surface area contributed by atoms with Gasteiger partial charge in [0.05, 0.1) is 0 Å². The van der Waals surface area contributed by atoms with Crippen LogP contribution in [0.2, 0.25) is 0 Å². The number of nitrogens with zero attached hydrogens (tertiary/aromatic N) is 3. The molecule has 1 aromatic heterocycles. The molecule has 0 bridgehead atoms. The topological polar surface area (TPSA) is 87.2 Å². The Morgan fingerprint density at radius 1 is 1.40 bits per heavy atom.